The number of aliphatic hydroxyl groups is 4. The Morgan fingerprint density at radius 2 is 1.20 bits per heavy atom. The highest BCUT2D eigenvalue weighted by atomic mass is 31.2. The van der Waals surface area contributed by atoms with Gasteiger partial charge in [-0.05, 0) is 11.1 Å². The van der Waals surface area contributed by atoms with Crippen LogP contribution in [0.1, 0.15) is 24.0 Å². The van der Waals surface area contributed by atoms with Gasteiger partial charge in [0.2, 0.25) is 0 Å². The van der Waals surface area contributed by atoms with Crippen LogP contribution in [-0.2, 0) is 31.4 Å². The Morgan fingerprint density at radius 1 is 0.733 bits per heavy atom. The maximum Gasteiger partial charge on any atom is 0.475 e. The van der Waals surface area contributed by atoms with E-state index in [0.717, 1.165) is 11.1 Å². The molecule has 2 aromatic rings. The van der Waals surface area contributed by atoms with Gasteiger partial charge in [0.05, 0.1) is 37.6 Å². The Labute approximate surface area is 175 Å². The molecule has 0 aromatic heterocycles. The van der Waals surface area contributed by atoms with Gasteiger partial charge in [-0.2, -0.15) is 0 Å². The van der Waals surface area contributed by atoms with Gasteiger partial charge in [0.25, 0.3) is 0 Å². The average molecular weight is 438 g/mol. The van der Waals surface area contributed by atoms with Crippen molar-refractivity contribution in [2.24, 2.45) is 0 Å². The van der Waals surface area contributed by atoms with Gasteiger partial charge in [-0.15, -0.1) is 0 Å². The van der Waals surface area contributed by atoms with Crippen LogP contribution in [0.25, 0.3) is 0 Å². The third-order valence-electron chi connectivity index (χ3n) is 4.90. The van der Waals surface area contributed by atoms with E-state index in [1.165, 1.54) is 0 Å². The topological polar surface area (TPSA) is 126 Å². The van der Waals surface area contributed by atoms with Crippen molar-refractivity contribution in [1.29, 1.82) is 0 Å². The van der Waals surface area contributed by atoms with E-state index in [4.69, 9.17) is 13.6 Å². The Morgan fingerprint density at radius 3 is 1.70 bits per heavy atom. The Kier molecular flexibility index (Phi) is 8.16. The first-order valence-electron chi connectivity index (χ1n) is 9.74. The minimum atomic E-state index is -4.18. The van der Waals surface area contributed by atoms with Crippen LogP contribution in [0, 0.1) is 0 Å². The van der Waals surface area contributed by atoms with E-state index in [-0.39, 0.29) is 26.1 Å². The lowest BCUT2D eigenvalue weighted by molar-refractivity contribution is -0.0599. The predicted octanol–water partition coefficient (Wildman–Crippen LogP) is 2.15. The van der Waals surface area contributed by atoms with Crippen molar-refractivity contribution < 1.29 is 38.6 Å². The lowest BCUT2D eigenvalue weighted by Crippen LogP contribution is -2.36. The summed E-state index contributed by atoms with van der Waals surface area (Å²) in [5.74, 6) is 0. The monoisotopic (exact) mass is 438 g/mol. The lowest BCUT2D eigenvalue weighted by atomic mass is 10.1. The van der Waals surface area contributed by atoms with Crippen molar-refractivity contribution in [2.45, 2.75) is 56.6 Å². The summed E-state index contributed by atoms with van der Waals surface area (Å²) in [6, 6.07) is 18.1. The second kappa shape index (κ2) is 10.6. The van der Waals surface area contributed by atoms with Crippen LogP contribution in [0.4, 0.5) is 0 Å². The van der Waals surface area contributed by atoms with Gasteiger partial charge < -0.3 is 20.4 Å². The van der Waals surface area contributed by atoms with Gasteiger partial charge in [-0.3, -0.25) is 13.6 Å². The Hall–Kier alpha value is -1.61. The van der Waals surface area contributed by atoms with Crippen LogP contribution in [0.2, 0.25) is 0 Å². The molecule has 1 fully saturated rings. The third-order valence-corrected chi connectivity index (χ3v) is 6.32. The van der Waals surface area contributed by atoms with Gasteiger partial charge in [0.1, 0.15) is 6.10 Å². The molecule has 164 valence electrons. The number of aliphatic hydroxyl groups excluding tert-OH is 4. The summed E-state index contributed by atoms with van der Waals surface area (Å²) in [6.07, 6.45) is -7.07. The van der Waals surface area contributed by atoms with E-state index < -0.39 is 38.3 Å². The van der Waals surface area contributed by atoms with E-state index >= 15 is 0 Å². The Balaban J connectivity index is 1.74. The SMILES string of the molecule is O=P(OCc1ccccc1)(OCc1ccccc1)O[C@@H]1C[C@H](O)[C@H](O)[C@@H](O)C[C@H]1O. The van der Waals surface area contributed by atoms with Gasteiger partial charge in [0.15, 0.2) is 0 Å². The highest BCUT2D eigenvalue weighted by molar-refractivity contribution is 7.48. The molecule has 8 nitrogen and oxygen atoms in total. The fourth-order valence-electron chi connectivity index (χ4n) is 3.16. The summed E-state index contributed by atoms with van der Waals surface area (Å²) in [4.78, 5) is 0. The number of hydrogen-bond donors (Lipinski definition) is 4. The van der Waals surface area contributed by atoms with Crippen molar-refractivity contribution in [1.82, 2.24) is 0 Å². The maximum absolute atomic E-state index is 13.4. The summed E-state index contributed by atoms with van der Waals surface area (Å²) in [6.45, 7) is -0.104. The molecule has 4 N–H and O–H groups in total. The molecule has 3 rings (SSSR count). The Bertz CT molecular complexity index is 771. The smallest absolute Gasteiger partial charge is 0.390 e. The minimum absolute atomic E-state index is 0.0521. The molecule has 1 saturated carbocycles. The zero-order chi connectivity index (χ0) is 21.6. The highest BCUT2D eigenvalue weighted by Gasteiger charge is 2.41. The number of benzene rings is 2. The van der Waals surface area contributed by atoms with Crippen LogP contribution < -0.4 is 0 Å². The molecule has 30 heavy (non-hydrogen) atoms. The van der Waals surface area contributed by atoms with Crippen LogP contribution in [0.3, 0.4) is 0 Å². The molecule has 5 atom stereocenters. The largest absolute Gasteiger partial charge is 0.475 e. The molecular weight excluding hydrogens is 411 g/mol. The first kappa shape index (κ1) is 23.1. The molecule has 0 bridgehead atoms. The maximum atomic E-state index is 13.4. The quantitative estimate of drug-likeness (QED) is 0.365. The van der Waals surface area contributed by atoms with E-state index in [1.807, 2.05) is 36.4 Å². The molecule has 0 radical (unpaired) electrons. The number of phosphoric acid groups is 1. The van der Waals surface area contributed by atoms with E-state index in [2.05, 4.69) is 0 Å². The van der Waals surface area contributed by atoms with Gasteiger partial charge in [-0.1, -0.05) is 60.7 Å². The van der Waals surface area contributed by atoms with Crippen LogP contribution in [-0.4, -0.2) is 50.9 Å². The fraction of sp³-hybridized carbons (Fsp3) is 0.429. The van der Waals surface area contributed by atoms with Gasteiger partial charge >= 0.3 is 7.82 Å². The number of hydrogen-bond acceptors (Lipinski definition) is 8. The van der Waals surface area contributed by atoms with Crippen molar-refractivity contribution in [3.05, 3.63) is 71.8 Å². The molecule has 1 aliphatic rings. The number of phosphoric ester groups is 1. The normalized spacial score (nSPS) is 27.5. The summed E-state index contributed by atoms with van der Waals surface area (Å²) >= 11 is 0. The van der Waals surface area contributed by atoms with E-state index in [1.54, 1.807) is 24.3 Å². The molecule has 9 heteroatoms. The first-order chi connectivity index (χ1) is 14.4. The van der Waals surface area contributed by atoms with E-state index in [0.29, 0.717) is 0 Å². The van der Waals surface area contributed by atoms with Crippen LogP contribution >= 0.6 is 7.82 Å². The van der Waals surface area contributed by atoms with Gasteiger partial charge in [0, 0.05) is 12.8 Å². The van der Waals surface area contributed by atoms with Gasteiger partial charge in [-0.25, -0.2) is 4.57 Å². The van der Waals surface area contributed by atoms with Crippen molar-refractivity contribution in [3.63, 3.8) is 0 Å². The zero-order valence-electron chi connectivity index (χ0n) is 16.4. The molecule has 0 unspecified atom stereocenters. The fourth-order valence-corrected chi connectivity index (χ4v) is 4.53. The van der Waals surface area contributed by atoms with Crippen LogP contribution in [0.15, 0.2) is 60.7 Å². The van der Waals surface area contributed by atoms with Crippen molar-refractivity contribution in [3.8, 4) is 0 Å². The summed E-state index contributed by atoms with van der Waals surface area (Å²) < 4.78 is 30.0. The number of rotatable bonds is 8. The average Bonchev–Trinajstić information content (AvgIpc) is 2.84. The van der Waals surface area contributed by atoms with Crippen LogP contribution in [0.5, 0.6) is 0 Å². The molecular formula is C21H27O8P. The molecule has 0 heterocycles. The van der Waals surface area contributed by atoms with E-state index in [9.17, 15) is 25.0 Å². The summed E-state index contributed by atoms with van der Waals surface area (Å²) in [7, 11) is -4.18. The molecule has 0 saturated heterocycles. The molecule has 1 aliphatic carbocycles. The third kappa shape index (κ3) is 6.44. The lowest BCUT2D eigenvalue weighted by Gasteiger charge is -2.26. The molecule has 2 aromatic carbocycles. The summed E-state index contributed by atoms with van der Waals surface area (Å²) in [5.41, 5.74) is 1.49. The molecule has 0 amide bonds. The minimum Gasteiger partial charge on any atom is -0.390 e. The van der Waals surface area contributed by atoms with Crippen molar-refractivity contribution in [2.75, 3.05) is 0 Å². The second-order valence-electron chi connectivity index (χ2n) is 7.27. The van der Waals surface area contributed by atoms with Crippen molar-refractivity contribution >= 4 is 7.82 Å². The molecule has 0 aliphatic heterocycles. The molecule has 0 spiro atoms. The highest BCUT2D eigenvalue weighted by Crippen LogP contribution is 2.53. The zero-order valence-corrected chi connectivity index (χ0v) is 17.3. The standard InChI is InChI=1S/C21H27O8P/c22-17-11-18(23)21(25)19(24)12-20(17)29-30(26,27-13-15-7-3-1-4-8-15)28-14-16-9-5-2-6-10-16/h1-10,17-25H,11-14H2/t17-,18+,19+,20-,21-/m1/s1. The summed E-state index contributed by atoms with van der Waals surface area (Å²) in [5, 5.41) is 40.1. The second-order valence-corrected chi connectivity index (χ2v) is 8.89. The first-order valence-corrected chi connectivity index (χ1v) is 11.2. The predicted molar refractivity (Wildman–Crippen MR) is 108 cm³/mol.